The third-order valence-electron chi connectivity index (χ3n) is 14.5. The number of esters is 3. The minimum absolute atomic E-state index is 0.0190. The number of aliphatic hydroxyl groups is 2. The van der Waals surface area contributed by atoms with Crippen molar-refractivity contribution in [2.75, 3.05) is 7.11 Å². The van der Waals surface area contributed by atoms with Crippen LogP contribution in [0.25, 0.3) is 0 Å². The van der Waals surface area contributed by atoms with E-state index in [2.05, 4.69) is 0 Å². The first-order valence-electron chi connectivity index (χ1n) is 17.4. The van der Waals surface area contributed by atoms with Crippen LogP contribution in [0.4, 0.5) is 0 Å². The minimum Gasteiger partial charge on any atom is -0.472 e. The Bertz CT molecular complexity index is 1720. The molecule has 0 aromatic carbocycles. The fourth-order valence-corrected chi connectivity index (χ4v) is 11.9. The highest BCUT2D eigenvalue weighted by Crippen LogP contribution is 2.88. The molecule has 1 spiro atoms. The molecule has 13 atom stereocenters. The lowest BCUT2D eigenvalue weighted by atomic mass is 9.35. The second kappa shape index (κ2) is 9.64. The third kappa shape index (κ3) is 3.24. The molecular formula is C37H46O12. The Balaban J connectivity index is 1.44. The molecular weight excluding hydrogens is 636 g/mol. The van der Waals surface area contributed by atoms with Crippen molar-refractivity contribution in [1.82, 2.24) is 0 Å². The van der Waals surface area contributed by atoms with Crippen LogP contribution in [0.2, 0.25) is 0 Å². The van der Waals surface area contributed by atoms with Gasteiger partial charge in [-0.05, 0) is 57.1 Å². The molecule has 266 valence electrons. The Morgan fingerprint density at radius 2 is 1.90 bits per heavy atom. The van der Waals surface area contributed by atoms with Crippen molar-refractivity contribution >= 4 is 17.9 Å². The third-order valence-corrected chi connectivity index (χ3v) is 14.5. The number of allylic oxidation sites excluding steroid dienone is 1. The fourth-order valence-electron chi connectivity index (χ4n) is 11.9. The molecule has 4 saturated carbocycles. The summed E-state index contributed by atoms with van der Waals surface area (Å²) in [6.45, 7) is 12.9. The number of carbonyl (C=O) groups excluding carboxylic acids is 3. The first kappa shape index (κ1) is 33.1. The SMILES string of the molecule is C/C=C(\C)C(=O)O[C@H]1[C@]2(C)C[C@]3(O)[C@@]1(O)[C@H]1O[C@]4([C@@H](C)CC)O[C@]5(CC[C@]6(C)C(=CC(=O)O[C@@H]6c6ccoc6)[C@]15O4)[C@]3(C)[C@H]2CC(=O)OC. The lowest BCUT2D eigenvalue weighted by molar-refractivity contribution is -0.455. The molecule has 0 unspecified atom stereocenters. The van der Waals surface area contributed by atoms with Gasteiger partial charge in [0, 0.05) is 45.8 Å². The van der Waals surface area contributed by atoms with Crippen LogP contribution in [0, 0.1) is 28.1 Å². The second-order valence-corrected chi connectivity index (χ2v) is 16.2. The molecule has 1 aromatic heterocycles. The van der Waals surface area contributed by atoms with E-state index in [1.54, 1.807) is 32.3 Å². The number of methoxy groups -OCH3 is 1. The zero-order valence-corrected chi connectivity index (χ0v) is 29.3. The average Bonchev–Trinajstić information content (AvgIpc) is 3.86. The van der Waals surface area contributed by atoms with Crippen LogP contribution < -0.4 is 0 Å². The summed E-state index contributed by atoms with van der Waals surface area (Å²) in [7, 11) is 1.30. The largest absolute Gasteiger partial charge is 0.472 e. The molecule has 49 heavy (non-hydrogen) atoms. The van der Waals surface area contributed by atoms with Crippen LogP contribution in [0.5, 0.6) is 0 Å². The molecule has 0 amide bonds. The summed E-state index contributed by atoms with van der Waals surface area (Å²) in [6.07, 6.45) is 3.74. The molecule has 2 saturated heterocycles. The van der Waals surface area contributed by atoms with Crippen LogP contribution >= 0.6 is 0 Å². The maximum Gasteiger partial charge on any atom is 0.333 e. The smallest absolute Gasteiger partial charge is 0.333 e. The van der Waals surface area contributed by atoms with Gasteiger partial charge < -0.3 is 43.1 Å². The summed E-state index contributed by atoms with van der Waals surface area (Å²) in [5.74, 6) is -4.61. The number of carbonyl (C=O) groups is 3. The van der Waals surface area contributed by atoms with Gasteiger partial charge in [-0.2, -0.15) is 0 Å². The molecule has 4 heterocycles. The Morgan fingerprint density at radius 1 is 1.16 bits per heavy atom. The zero-order valence-electron chi connectivity index (χ0n) is 29.3. The predicted octanol–water partition coefficient (Wildman–Crippen LogP) is 4.19. The molecule has 12 nitrogen and oxygen atoms in total. The van der Waals surface area contributed by atoms with Crippen LogP contribution in [0.1, 0.15) is 92.2 Å². The van der Waals surface area contributed by atoms with Crippen LogP contribution in [-0.4, -0.2) is 75.8 Å². The van der Waals surface area contributed by atoms with Crippen molar-refractivity contribution < 1.29 is 57.4 Å². The maximum absolute atomic E-state index is 13.7. The number of hydrogen-bond acceptors (Lipinski definition) is 12. The highest BCUT2D eigenvalue weighted by atomic mass is 17.0. The van der Waals surface area contributed by atoms with Crippen molar-refractivity contribution in [2.24, 2.45) is 28.1 Å². The van der Waals surface area contributed by atoms with E-state index in [1.807, 2.05) is 34.6 Å². The molecule has 0 radical (unpaired) electrons. The van der Waals surface area contributed by atoms with Gasteiger partial charge in [-0.15, -0.1) is 0 Å². The van der Waals surface area contributed by atoms with Crippen molar-refractivity contribution in [3.63, 3.8) is 0 Å². The Kier molecular flexibility index (Phi) is 6.52. The zero-order chi connectivity index (χ0) is 35.4. The highest BCUT2D eigenvalue weighted by Gasteiger charge is 3.02. The van der Waals surface area contributed by atoms with Gasteiger partial charge >= 0.3 is 17.9 Å². The molecule has 4 aliphatic carbocycles. The molecule has 7 aliphatic rings. The standard InChI is InChI=1S/C37H46O12/c1-9-19(3)27(40)46-28-31(6)18-33(41)32(7,22(31)15-24(38)43-8)34-13-12-30(5)23(16-25(39)45-26(30)21-11-14-44-17-21)36(34)29(35(28,33)42)47-37(48-34,49-36)20(4)10-2/h9,11,14,16-17,20,22,26,28-29,41-42H,10,12-13,15,18H2,1-8H3/b19-9+/t20-,22-,26+,28-,29+,30+,31+,32+,33+,34+,35-,36-,37+/m0/s1. The van der Waals surface area contributed by atoms with Gasteiger partial charge in [-0.1, -0.05) is 40.7 Å². The van der Waals surface area contributed by atoms with Crippen molar-refractivity contribution in [3.05, 3.63) is 47.5 Å². The number of cyclic esters (lactones) is 1. The Labute approximate surface area is 285 Å². The number of furan rings is 1. The van der Waals surface area contributed by atoms with Gasteiger partial charge in [0.2, 0.25) is 0 Å². The predicted molar refractivity (Wildman–Crippen MR) is 168 cm³/mol. The van der Waals surface area contributed by atoms with E-state index in [-0.39, 0.29) is 18.8 Å². The van der Waals surface area contributed by atoms with Crippen molar-refractivity contribution in [2.45, 2.75) is 127 Å². The minimum atomic E-state index is -2.28. The number of ether oxygens (including phenoxy) is 6. The number of hydrogen-bond donors (Lipinski definition) is 2. The fraction of sp³-hybridized carbons (Fsp3) is 0.703. The van der Waals surface area contributed by atoms with E-state index in [0.717, 1.165) is 0 Å². The van der Waals surface area contributed by atoms with Crippen molar-refractivity contribution in [1.29, 1.82) is 0 Å². The second-order valence-electron chi connectivity index (χ2n) is 16.2. The first-order chi connectivity index (χ1) is 23.0. The normalized spacial score (nSPS) is 50.7. The molecule has 3 aliphatic heterocycles. The lowest BCUT2D eigenvalue weighted by Gasteiger charge is -2.75. The van der Waals surface area contributed by atoms with Gasteiger partial charge in [-0.25, -0.2) is 9.59 Å². The molecule has 12 heteroatoms. The van der Waals surface area contributed by atoms with E-state index >= 15 is 0 Å². The summed E-state index contributed by atoms with van der Waals surface area (Å²) < 4.78 is 44.4. The molecule has 2 N–H and O–H groups in total. The van der Waals surface area contributed by atoms with Gasteiger partial charge in [0.25, 0.3) is 5.97 Å². The monoisotopic (exact) mass is 682 g/mol. The lowest BCUT2D eigenvalue weighted by Crippen LogP contribution is -2.92. The maximum atomic E-state index is 13.7. The number of fused-ring (bicyclic) bond motifs is 4. The van der Waals surface area contributed by atoms with Crippen LogP contribution in [0.3, 0.4) is 0 Å². The van der Waals surface area contributed by atoms with Crippen LogP contribution in [-0.2, 0) is 42.8 Å². The topological polar surface area (TPSA) is 160 Å². The van der Waals surface area contributed by atoms with Gasteiger partial charge in [0.05, 0.1) is 19.6 Å². The molecule has 1 aromatic rings. The van der Waals surface area contributed by atoms with Gasteiger partial charge in [-0.3, -0.25) is 4.79 Å². The summed E-state index contributed by atoms with van der Waals surface area (Å²) in [5, 5.41) is 26.9. The highest BCUT2D eigenvalue weighted by molar-refractivity contribution is 5.88. The summed E-state index contributed by atoms with van der Waals surface area (Å²) >= 11 is 0. The summed E-state index contributed by atoms with van der Waals surface area (Å²) in [6, 6.07) is 1.75. The Hall–Kier alpha value is -3.03. The van der Waals surface area contributed by atoms with E-state index < -0.39 is 86.8 Å². The van der Waals surface area contributed by atoms with Gasteiger partial charge in [0.1, 0.15) is 29.5 Å². The molecule has 8 rings (SSSR count). The average molecular weight is 683 g/mol. The summed E-state index contributed by atoms with van der Waals surface area (Å²) in [4.78, 5) is 40.6. The Morgan fingerprint density at radius 3 is 2.53 bits per heavy atom. The van der Waals surface area contributed by atoms with E-state index in [9.17, 15) is 24.6 Å². The van der Waals surface area contributed by atoms with Crippen LogP contribution in [0.15, 0.2) is 46.3 Å². The van der Waals surface area contributed by atoms with E-state index in [4.69, 9.17) is 32.8 Å². The van der Waals surface area contributed by atoms with Gasteiger partial charge in [0.15, 0.2) is 11.2 Å². The quantitative estimate of drug-likeness (QED) is 0.240. The van der Waals surface area contributed by atoms with E-state index in [1.165, 1.54) is 19.4 Å². The van der Waals surface area contributed by atoms with E-state index in [0.29, 0.717) is 36.0 Å². The van der Waals surface area contributed by atoms with Crippen molar-refractivity contribution in [3.8, 4) is 0 Å². The molecule has 4 bridgehead atoms. The molecule has 6 fully saturated rings. The summed E-state index contributed by atoms with van der Waals surface area (Å²) in [5.41, 5.74) is -9.36. The first-order valence-corrected chi connectivity index (χ1v) is 17.4. The number of rotatable bonds is 7.